The minimum absolute atomic E-state index is 0.0249. The van der Waals surface area contributed by atoms with E-state index in [0.717, 1.165) is 67.1 Å². The number of carbonyl (C=O) groups is 1. The van der Waals surface area contributed by atoms with Crippen molar-refractivity contribution in [2.75, 3.05) is 13.1 Å². The predicted molar refractivity (Wildman–Crippen MR) is 157 cm³/mol. The molecule has 0 atom stereocenters. The van der Waals surface area contributed by atoms with Crippen LogP contribution < -0.4 is 5.32 Å². The fraction of sp³-hybridized carbons (Fsp3) is 0.424. The van der Waals surface area contributed by atoms with Gasteiger partial charge in [-0.25, -0.2) is 4.98 Å². The Kier molecular flexibility index (Phi) is 7.47. The summed E-state index contributed by atoms with van der Waals surface area (Å²) < 4.78 is 2.45. The fourth-order valence-corrected chi connectivity index (χ4v) is 6.52. The average molecular weight is 522 g/mol. The first kappa shape index (κ1) is 25.8. The van der Waals surface area contributed by atoms with Crippen molar-refractivity contribution in [3.8, 4) is 11.4 Å². The zero-order valence-electron chi connectivity index (χ0n) is 23.1. The van der Waals surface area contributed by atoms with Crippen molar-refractivity contribution < 1.29 is 4.79 Å². The van der Waals surface area contributed by atoms with Crippen LogP contribution in [0, 0.1) is 5.92 Å². The summed E-state index contributed by atoms with van der Waals surface area (Å²) in [6, 6.07) is 20.9. The van der Waals surface area contributed by atoms with E-state index in [2.05, 4.69) is 63.9 Å². The van der Waals surface area contributed by atoms with Gasteiger partial charge in [-0.1, -0.05) is 42.5 Å². The van der Waals surface area contributed by atoms with E-state index in [-0.39, 0.29) is 11.9 Å². The molecule has 6 nitrogen and oxygen atoms in total. The van der Waals surface area contributed by atoms with Crippen LogP contribution in [0.1, 0.15) is 73.7 Å². The van der Waals surface area contributed by atoms with Gasteiger partial charge in [0.1, 0.15) is 5.82 Å². The van der Waals surface area contributed by atoms with Crippen LogP contribution in [0.2, 0.25) is 0 Å². The van der Waals surface area contributed by atoms with Gasteiger partial charge in [-0.3, -0.25) is 14.7 Å². The molecule has 2 aliphatic rings. The molecule has 1 saturated carbocycles. The largest absolute Gasteiger partial charge is 0.349 e. The van der Waals surface area contributed by atoms with E-state index in [1.165, 1.54) is 36.2 Å². The zero-order valence-corrected chi connectivity index (χ0v) is 23.1. The second-order valence-electron chi connectivity index (χ2n) is 11.5. The van der Waals surface area contributed by atoms with E-state index in [9.17, 15) is 4.79 Å². The zero-order chi connectivity index (χ0) is 26.8. The molecule has 0 bridgehead atoms. The van der Waals surface area contributed by atoms with Crippen LogP contribution in [-0.4, -0.2) is 44.5 Å². The molecule has 6 rings (SSSR count). The topological polar surface area (TPSA) is 63.1 Å². The number of nitrogens with zero attached hydrogens (tertiary/aromatic N) is 4. The van der Waals surface area contributed by atoms with E-state index < -0.39 is 0 Å². The predicted octanol–water partition coefficient (Wildman–Crippen LogP) is 6.42. The highest BCUT2D eigenvalue weighted by Crippen LogP contribution is 2.32. The Morgan fingerprint density at radius 1 is 1.00 bits per heavy atom. The summed E-state index contributed by atoms with van der Waals surface area (Å²) in [4.78, 5) is 25.2. The van der Waals surface area contributed by atoms with Crippen molar-refractivity contribution in [3.63, 3.8) is 0 Å². The highest BCUT2D eigenvalue weighted by Gasteiger charge is 2.27. The summed E-state index contributed by atoms with van der Waals surface area (Å²) in [5, 5.41) is 4.23. The molecule has 1 aliphatic heterocycles. The summed E-state index contributed by atoms with van der Waals surface area (Å²) >= 11 is 0. The molecule has 0 unspecified atom stereocenters. The van der Waals surface area contributed by atoms with Gasteiger partial charge in [0.2, 0.25) is 0 Å². The number of amides is 1. The molecule has 3 heterocycles. The van der Waals surface area contributed by atoms with Crippen molar-refractivity contribution in [1.29, 1.82) is 0 Å². The molecule has 0 spiro atoms. The van der Waals surface area contributed by atoms with Gasteiger partial charge in [0, 0.05) is 60.0 Å². The van der Waals surface area contributed by atoms with Crippen molar-refractivity contribution >= 4 is 16.8 Å². The molecule has 0 radical (unpaired) electrons. The summed E-state index contributed by atoms with van der Waals surface area (Å²) in [5.74, 6) is 1.86. The van der Waals surface area contributed by atoms with Gasteiger partial charge in [-0.15, -0.1) is 0 Å². The van der Waals surface area contributed by atoms with Gasteiger partial charge >= 0.3 is 0 Å². The average Bonchev–Trinajstić information content (AvgIpc) is 3.36. The van der Waals surface area contributed by atoms with E-state index in [4.69, 9.17) is 4.98 Å². The molecule has 1 N–H and O–H groups in total. The molecule has 39 heavy (non-hydrogen) atoms. The van der Waals surface area contributed by atoms with Gasteiger partial charge in [-0.2, -0.15) is 0 Å². The number of aromatic nitrogens is 3. The Morgan fingerprint density at radius 3 is 2.62 bits per heavy atom. The van der Waals surface area contributed by atoms with Crippen LogP contribution in [0.4, 0.5) is 0 Å². The molecule has 2 aromatic heterocycles. The van der Waals surface area contributed by atoms with Gasteiger partial charge < -0.3 is 9.88 Å². The van der Waals surface area contributed by atoms with E-state index >= 15 is 0 Å². The lowest BCUT2D eigenvalue weighted by molar-refractivity contribution is 0.0921. The Hall–Kier alpha value is -3.51. The van der Waals surface area contributed by atoms with Crippen LogP contribution in [-0.2, 0) is 13.0 Å². The number of hydrogen-bond donors (Lipinski definition) is 1. The van der Waals surface area contributed by atoms with Gasteiger partial charge in [0.05, 0.1) is 11.2 Å². The van der Waals surface area contributed by atoms with Crippen molar-refractivity contribution in [1.82, 2.24) is 24.8 Å². The van der Waals surface area contributed by atoms with Crippen molar-refractivity contribution in [2.24, 2.45) is 5.92 Å². The molecule has 202 valence electrons. The number of rotatable bonds is 7. The van der Waals surface area contributed by atoms with Crippen LogP contribution in [0.25, 0.3) is 22.3 Å². The smallest absolute Gasteiger partial charge is 0.252 e. The van der Waals surface area contributed by atoms with Crippen LogP contribution in [0.5, 0.6) is 0 Å². The third-order valence-corrected chi connectivity index (χ3v) is 8.61. The van der Waals surface area contributed by atoms with Crippen molar-refractivity contribution in [2.45, 2.75) is 71.0 Å². The standard InChI is InChI=1S/C33H39N5O/c1-23(2)38-31-18-21-37(22-30(31)36-32(38)25-8-4-3-5-9-25)20-17-24-13-15-26(16-14-24)35-33(39)28-10-6-12-29-27(28)11-7-19-34-29/h3-12,19,23-24,26H,13-18,20-22H2,1-2H3,(H,35,39). The number of carbonyl (C=O) groups excluding carboxylic acids is 1. The minimum Gasteiger partial charge on any atom is -0.349 e. The summed E-state index contributed by atoms with van der Waals surface area (Å²) in [6.07, 6.45) is 8.54. The molecule has 2 aromatic carbocycles. The van der Waals surface area contributed by atoms with E-state index in [0.29, 0.717) is 6.04 Å². The number of benzene rings is 2. The fourth-order valence-electron chi connectivity index (χ4n) is 6.52. The van der Waals surface area contributed by atoms with E-state index in [1.807, 2.05) is 30.3 Å². The Labute approximate surface area is 231 Å². The first-order valence-electron chi connectivity index (χ1n) is 14.6. The number of imidazole rings is 1. The van der Waals surface area contributed by atoms with E-state index in [1.54, 1.807) is 6.20 Å². The van der Waals surface area contributed by atoms with Gasteiger partial charge in [0.25, 0.3) is 5.91 Å². The molecule has 1 amide bonds. The molecule has 6 heteroatoms. The maximum Gasteiger partial charge on any atom is 0.252 e. The highest BCUT2D eigenvalue weighted by atomic mass is 16.1. The maximum absolute atomic E-state index is 13.0. The second-order valence-corrected chi connectivity index (χ2v) is 11.5. The summed E-state index contributed by atoms with van der Waals surface area (Å²) in [6.45, 7) is 7.70. The Balaban J connectivity index is 1.02. The third-order valence-electron chi connectivity index (χ3n) is 8.61. The van der Waals surface area contributed by atoms with Gasteiger partial charge in [-0.05, 0) is 76.6 Å². The first-order chi connectivity index (χ1) is 19.1. The molecule has 1 aliphatic carbocycles. The quantitative estimate of drug-likeness (QED) is 0.305. The molecule has 1 fully saturated rings. The van der Waals surface area contributed by atoms with Crippen molar-refractivity contribution in [3.05, 3.63) is 83.8 Å². The van der Waals surface area contributed by atoms with Crippen LogP contribution in [0.3, 0.4) is 0 Å². The first-order valence-corrected chi connectivity index (χ1v) is 14.6. The van der Waals surface area contributed by atoms with Crippen LogP contribution >= 0.6 is 0 Å². The third kappa shape index (κ3) is 5.48. The number of pyridine rings is 1. The SMILES string of the molecule is CC(C)n1c(-c2ccccc2)nc2c1CCN(CCC1CCC(NC(=O)c3cccc4ncccc34)CC1)C2. The molecule has 4 aromatic rings. The lowest BCUT2D eigenvalue weighted by Gasteiger charge is -2.32. The molecular formula is C33H39N5O. The number of nitrogens with one attached hydrogen (secondary N) is 1. The monoisotopic (exact) mass is 521 g/mol. The summed E-state index contributed by atoms with van der Waals surface area (Å²) in [5.41, 5.74) is 5.46. The Morgan fingerprint density at radius 2 is 1.82 bits per heavy atom. The lowest BCUT2D eigenvalue weighted by atomic mass is 9.84. The lowest BCUT2D eigenvalue weighted by Crippen LogP contribution is -2.38. The number of fused-ring (bicyclic) bond motifs is 2. The maximum atomic E-state index is 13.0. The van der Waals surface area contributed by atoms with Gasteiger partial charge in [0.15, 0.2) is 0 Å². The Bertz CT molecular complexity index is 1430. The number of hydrogen-bond acceptors (Lipinski definition) is 4. The molecule has 0 saturated heterocycles. The summed E-state index contributed by atoms with van der Waals surface area (Å²) in [7, 11) is 0. The highest BCUT2D eigenvalue weighted by molar-refractivity contribution is 6.06. The molecular weight excluding hydrogens is 482 g/mol. The van der Waals surface area contributed by atoms with Crippen LogP contribution in [0.15, 0.2) is 66.9 Å². The second kappa shape index (κ2) is 11.3. The normalized spacial score (nSPS) is 19.8. The minimum atomic E-state index is 0.0249.